The molecule has 12 nitrogen and oxygen atoms in total. The van der Waals surface area contributed by atoms with Gasteiger partial charge in [0.2, 0.25) is 23.6 Å². The van der Waals surface area contributed by atoms with Crippen LogP contribution in [0.4, 0.5) is 0 Å². The third kappa shape index (κ3) is 9.34. The number of carboxylic acid groups (broad SMARTS) is 1. The number of hydrogen-bond donors (Lipinski definition) is 7. The summed E-state index contributed by atoms with van der Waals surface area (Å²) in [4.78, 5) is 58.4. The second-order valence-corrected chi connectivity index (χ2v) is 6.80. The van der Waals surface area contributed by atoms with Gasteiger partial charge in [-0.25, -0.2) is 4.79 Å². The highest BCUT2D eigenvalue weighted by atomic mass is 16.4. The Bertz CT molecular complexity index is 613. The lowest BCUT2D eigenvalue weighted by Crippen LogP contribution is -2.58. The van der Waals surface area contributed by atoms with Crippen LogP contribution < -0.4 is 27.4 Å². The number of aliphatic hydroxyl groups excluding tert-OH is 1. The molecule has 29 heavy (non-hydrogen) atoms. The zero-order valence-corrected chi connectivity index (χ0v) is 16.8. The van der Waals surface area contributed by atoms with Crippen LogP contribution in [0.2, 0.25) is 0 Å². The van der Waals surface area contributed by atoms with Gasteiger partial charge in [0, 0.05) is 6.42 Å². The second kappa shape index (κ2) is 12.7. The molecule has 0 saturated carbocycles. The van der Waals surface area contributed by atoms with Gasteiger partial charge in [0.25, 0.3) is 0 Å². The van der Waals surface area contributed by atoms with Crippen LogP contribution in [0.1, 0.15) is 40.0 Å². The van der Waals surface area contributed by atoms with E-state index in [2.05, 4.69) is 16.0 Å². The van der Waals surface area contributed by atoms with Crippen LogP contribution in [0.5, 0.6) is 0 Å². The predicted molar refractivity (Wildman–Crippen MR) is 102 cm³/mol. The molecule has 9 N–H and O–H groups in total. The monoisotopic (exact) mass is 417 g/mol. The molecule has 0 spiro atoms. The van der Waals surface area contributed by atoms with Crippen LogP contribution in [-0.4, -0.2) is 70.6 Å². The highest BCUT2D eigenvalue weighted by molar-refractivity contribution is 5.94. The van der Waals surface area contributed by atoms with Crippen molar-refractivity contribution >= 4 is 29.6 Å². The van der Waals surface area contributed by atoms with Crippen molar-refractivity contribution in [3.8, 4) is 0 Å². The fraction of sp³-hybridized carbons (Fsp3) is 0.706. The molecule has 0 heterocycles. The molecule has 166 valence electrons. The van der Waals surface area contributed by atoms with Crippen molar-refractivity contribution < 1.29 is 34.2 Å². The first kappa shape index (κ1) is 26.3. The number of hydrogen-bond acceptors (Lipinski definition) is 7. The van der Waals surface area contributed by atoms with Crippen molar-refractivity contribution in [3.63, 3.8) is 0 Å². The van der Waals surface area contributed by atoms with Crippen LogP contribution in [0, 0.1) is 5.92 Å². The number of primary amides is 1. The molecule has 4 amide bonds. The van der Waals surface area contributed by atoms with Crippen molar-refractivity contribution in [2.45, 2.75) is 64.2 Å². The lowest BCUT2D eigenvalue weighted by Gasteiger charge is -2.24. The Morgan fingerprint density at radius 2 is 1.55 bits per heavy atom. The Morgan fingerprint density at radius 1 is 0.966 bits per heavy atom. The van der Waals surface area contributed by atoms with Crippen molar-refractivity contribution in [3.05, 3.63) is 0 Å². The van der Waals surface area contributed by atoms with E-state index in [-0.39, 0.29) is 18.8 Å². The van der Waals surface area contributed by atoms with Crippen LogP contribution in [0.3, 0.4) is 0 Å². The highest BCUT2D eigenvalue weighted by Gasteiger charge is 2.30. The predicted octanol–water partition coefficient (Wildman–Crippen LogP) is -2.82. The topological polar surface area (TPSA) is 214 Å². The summed E-state index contributed by atoms with van der Waals surface area (Å²) in [6, 6.07) is -4.74. The summed E-state index contributed by atoms with van der Waals surface area (Å²) in [7, 11) is 0. The van der Waals surface area contributed by atoms with E-state index in [4.69, 9.17) is 11.5 Å². The van der Waals surface area contributed by atoms with Crippen LogP contribution in [-0.2, 0) is 24.0 Å². The van der Waals surface area contributed by atoms with Crippen LogP contribution in [0.25, 0.3) is 0 Å². The Hall–Kier alpha value is -2.73. The molecule has 0 aliphatic heterocycles. The zero-order valence-electron chi connectivity index (χ0n) is 16.8. The molecule has 5 atom stereocenters. The zero-order chi connectivity index (χ0) is 22.7. The van der Waals surface area contributed by atoms with Gasteiger partial charge in [-0.05, 0) is 19.3 Å². The molecule has 0 fully saturated rings. The molecule has 0 aromatic heterocycles. The van der Waals surface area contributed by atoms with Gasteiger partial charge in [-0.1, -0.05) is 20.3 Å². The normalized spacial score (nSPS) is 15.9. The number of rotatable bonds is 13. The van der Waals surface area contributed by atoms with Gasteiger partial charge in [0.05, 0.1) is 12.6 Å². The van der Waals surface area contributed by atoms with Crippen molar-refractivity contribution in [1.82, 2.24) is 16.0 Å². The molecule has 0 saturated heterocycles. The standard InChI is InChI=1S/C17H31N5O7/c1-4-8(2)13(17(28)29)22-16(27)11(7-23)21-14(25)9(3)20-15(26)10(18)5-6-12(19)24/h8-11,13,23H,4-7,18H2,1-3H3,(H2,19,24)(H,20,26)(H,21,25)(H,22,27)(H,28,29). The number of aliphatic carboxylic acids is 1. The van der Waals surface area contributed by atoms with Gasteiger partial charge >= 0.3 is 5.97 Å². The number of carbonyl (C=O) groups is 5. The number of amides is 4. The fourth-order valence-electron chi connectivity index (χ4n) is 2.24. The lowest BCUT2D eigenvalue weighted by molar-refractivity contribution is -0.144. The lowest BCUT2D eigenvalue weighted by atomic mass is 9.99. The van der Waals surface area contributed by atoms with Crippen molar-refractivity contribution in [1.29, 1.82) is 0 Å². The third-order valence-electron chi connectivity index (χ3n) is 4.38. The number of carboxylic acids is 1. The third-order valence-corrected chi connectivity index (χ3v) is 4.38. The minimum absolute atomic E-state index is 0.00334. The second-order valence-electron chi connectivity index (χ2n) is 6.80. The van der Waals surface area contributed by atoms with E-state index < -0.39 is 60.4 Å². The Labute approximate surface area is 168 Å². The fourth-order valence-corrected chi connectivity index (χ4v) is 2.24. The first-order valence-electron chi connectivity index (χ1n) is 9.23. The average molecular weight is 417 g/mol. The molecule has 0 aliphatic rings. The Balaban J connectivity index is 4.83. The van der Waals surface area contributed by atoms with E-state index in [0.717, 1.165) is 0 Å². The first-order chi connectivity index (χ1) is 13.4. The maximum absolute atomic E-state index is 12.2. The molecule has 0 aromatic carbocycles. The molecule has 5 unspecified atom stereocenters. The summed E-state index contributed by atoms with van der Waals surface area (Å²) >= 11 is 0. The average Bonchev–Trinajstić information content (AvgIpc) is 2.66. The number of aliphatic hydroxyl groups is 1. The van der Waals surface area contributed by atoms with Gasteiger partial charge in [-0.3, -0.25) is 19.2 Å². The van der Waals surface area contributed by atoms with E-state index in [1.54, 1.807) is 13.8 Å². The molecule has 0 rings (SSSR count). The van der Waals surface area contributed by atoms with Gasteiger partial charge < -0.3 is 37.6 Å². The number of nitrogens with two attached hydrogens (primary N) is 2. The maximum Gasteiger partial charge on any atom is 0.326 e. The van der Waals surface area contributed by atoms with E-state index >= 15 is 0 Å². The van der Waals surface area contributed by atoms with E-state index in [9.17, 15) is 34.2 Å². The van der Waals surface area contributed by atoms with E-state index in [1.807, 2.05) is 0 Å². The van der Waals surface area contributed by atoms with Gasteiger partial charge in [0.1, 0.15) is 18.1 Å². The molecule has 12 heteroatoms. The number of nitrogens with one attached hydrogen (secondary N) is 3. The first-order valence-corrected chi connectivity index (χ1v) is 9.23. The molecule has 0 aliphatic carbocycles. The van der Waals surface area contributed by atoms with Crippen LogP contribution >= 0.6 is 0 Å². The van der Waals surface area contributed by atoms with Gasteiger partial charge in [-0.15, -0.1) is 0 Å². The summed E-state index contributed by atoms with van der Waals surface area (Å²) in [5.41, 5.74) is 10.6. The summed E-state index contributed by atoms with van der Waals surface area (Å²) in [6.45, 7) is 3.96. The quantitative estimate of drug-likeness (QED) is 0.165. The molecule has 0 radical (unpaired) electrons. The Morgan fingerprint density at radius 3 is 2.00 bits per heavy atom. The largest absolute Gasteiger partial charge is 0.480 e. The molecular weight excluding hydrogens is 386 g/mol. The summed E-state index contributed by atoms with van der Waals surface area (Å²) in [5.74, 6) is -4.57. The van der Waals surface area contributed by atoms with E-state index in [0.29, 0.717) is 6.42 Å². The summed E-state index contributed by atoms with van der Waals surface area (Å²) < 4.78 is 0. The van der Waals surface area contributed by atoms with Crippen LogP contribution in [0.15, 0.2) is 0 Å². The van der Waals surface area contributed by atoms with E-state index in [1.165, 1.54) is 6.92 Å². The van der Waals surface area contributed by atoms with Gasteiger partial charge in [-0.2, -0.15) is 0 Å². The summed E-state index contributed by atoms with van der Waals surface area (Å²) in [6.07, 6.45) is 0.401. The van der Waals surface area contributed by atoms with Crippen molar-refractivity contribution in [2.75, 3.05) is 6.61 Å². The SMILES string of the molecule is CCC(C)C(NC(=O)C(CO)NC(=O)C(C)NC(=O)C(N)CCC(N)=O)C(=O)O. The molecule has 0 aromatic rings. The molecular formula is C17H31N5O7. The number of carbonyl (C=O) groups excluding carboxylic acids is 4. The van der Waals surface area contributed by atoms with Gasteiger partial charge in [0.15, 0.2) is 0 Å². The minimum Gasteiger partial charge on any atom is -0.480 e. The minimum atomic E-state index is -1.41. The smallest absolute Gasteiger partial charge is 0.326 e. The van der Waals surface area contributed by atoms with Crippen molar-refractivity contribution in [2.24, 2.45) is 17.4 Å². The maximum atomic E-state index is 12.2. The Kier molecular flexibility index (Phi) is 11.5. The highest BCUT2D eigenvalue weighted by Crippen LogP contribution is 2.08. The molecule has 0 bridgehead atoms. The summed E-state index contributed by atoms with van der Waals surface area (Å²) in [5, 5.41) is 25.5.